The third-order valence-electron chi connectivity index (χ3n) is 4.15. The van der Waals surface area contributed by atoms with E-state index in [1.54, 1.807) is 31.4 Å². The van der Waals surface area contributed by atoms with Gasteiger partial charge in [0.25, 0.3) is 5.56 Å². The number of nitrogen functional groups attached to an aromatic ring is 1. The van der Waals surface area contributed by atoms with Crippen LogP contribution in [0.2, 0.25) is 0 Å². The lowest BCUT2D eigenvalue weighted by atomic mass is 9.96. The number of nitrogens with two attached hydrogens (primary N) is 1. The number of anilines is 1. The van der Waals surface area contributed by atoms with E-state index in [-0.39, 0.29) is 22.5 Å². The first-order valence-corrected chi connectivity index (χ1v) is 8.29. The van der Waals surface area contributed by atoms with Gasteiger partial charge in [-0.3, -0.25) is 4.79 Å². The molecule has 1 heterocycles. The normalized spacial score (nSPS) is 9.96. The van der Waals surface area contributed by atoms with Crippen molar-refractivity contribution in [2.24, 2.45) is 0 Å². The van der Waals surface area contributed by atoms with Gasteiger partial charge in [0.15, 0.2) is 0 Å². The van der Waals surface area contributed by atoms with Crippen LogP contribution < -0.4 is 20.8 Å². The van der Waals surface area contributed by atoms with Crippen LogP contribution in [0.1, 0.15) is 16.7 Å². The third-order valence-corrected chi connectivity index (χ3v) is 4.15. The second-order valence-electron chi connectivity index (χ2n) is 5.88. The summed E-state index contributed by atoms with van der Waals surface area (Å²) >= 11 is 0. The highest BCUT2D eigenvalue weighted by atomic mass is 16.5. The van der Waals surface area contributed by atoms with Gasteiger partial charge in [-0.05, 0) is 35.4 Å². The second kappa shape index (κ2) is 7.98. The van der Waals surface area contributed by atoms with Gasteiger partial charge in [0.05, 0.1) is 7.11 Å². The number of nitriles is 2. The molecule has 0 spiro atoms. The SMILES string of the molecule is COc1cccc(COc2ccc(-c3c(C#N)c(N)[nH]c(=O)c3C#N)cc2)c1. The summed E-state index contributed by atoms with van der Waals surface area (Å²) in [5, 5.41) is 18.7. The zero-order chi connectivity index (χ0) is 20.1. The number of benzene rings is 2. The largest absolute Gasteiger partial charge is 0.497 e. The Morgan fingerprint density at radius 1 is 1.04 bits per heavy atom. The molecule has 0 radical (unpaired) electrons. The molecule has 0 aliphatic carbocycles. The average Bonchev–Trinajstić information content (AvgIpc) is 2.72. The van der Waals surface area contributed by atoms with Crippen LogP contribution in [-0.4, -0.2) is 12.1 Å². The smallest absolute Gasteiger partial charge is 0.268 e. The molecule has 28 heavy (non-hydrogen) atoms. The molecule has 1 aromatic heterocycles. The summed E-state index contributed by atoms with van der Waals surface area (Å²) in [6.45, 7) is 0.349. The molecule has 3 rings (SSSR count). The number of hydrogen-bond donors (Lipinski definition) is 2. The highest BCUT2D eigenvalue weighted by Crippen LogP contribution is 2.29. The Morgan fingerprint density at radius 3 is 2.39 bits per heavy atom. The highest BCUT2D eigenvalue weighted by Gasteiger charge is 2.18. The molecule has 3 aromatic rings. The zero-order valence-corrected chi connectivity index (χ0v) is 15.0. The Bertz CT molecular complexity index is 1150. The molecule has 3 N–H and O–H groups in total. The molecule has 7 nitrogen and oxygen atoms in total. The van der Waals surface area contributed by atoms with Crippen LogP contribution in [0.4, 0.5) is 5.82 Å². The number of nitrogens with one attached hydrogen (secondary N) is 1. The molecule has 0 aliphatic heterocycles. The standard InChI is InChI=1S/C21H16N4O3/c1-27-16-4-2-3-13(9-16)12-28-15-7-5-14(6-8-15)19-17(10-22)20(24)25-21(26)18(19)11-23/h2-9H,12H2,1H3,(H3,24,25,26). The van der Waals surface area contributed by atoms with Crippen molar-refractivity contribution in [3.05, 3.63) is 75.6 Å². The van der Waals surface area contributed by atoms with E-state index in [4.69, 9.17) is 15.2 Å². The lowest BCUT2D eigenvalue weighted by molar-refractivity contribution is 0.305. The van der Waals surface area contributed by atoms with Crippen LogP contribution in [-0.2, 0) is 6.61 Å². The van der Waals surface area contributed by atoms with Crippen molar-refractivity contribution in [2.45, 2.75) is 6.61 Å². The summed E-state index contributed by atoms with van der Waals surface area (Å²) in [6.07, 6.45) is 0. The van der Waals surface area contributed by atoms with Gasteiger partial charge in [-0.2, -0.15) is 10.5 Å². The number of H-pyrrole nitrogens is 1. The van der Waals surface area contributed by atoms with E-state index in [1.165, 1.54) is 0 Å². The van der Waals surface area contributed by atoms with E-state index in [1.807, 2.05) is 36.4 Å². The number of rotatable bonds is 5. The molecule has 0 unspecified atom stereocenters. The van der Waals surface area contributed by atoms with Gasteiger partial charge < -0.3 is 20.2 Å². The van der Waals surface area contributed by atoms with Crippen molar-refractivity contribution in [2.75, 3.05) is 12.8 Å². The van der Waals surface area contributed by atoms with Crippen LogP contribution in [0.3, 0.4) is 0 Å². The minimum atomic E-state index is -0.632. The molecule has 138 valence electrons. The maximum atomic E-state index is 12.0. The van der Waals surface area contributed by atoms with E-state index in [2.05, 4.69) is 4.98 Å². The van der Waals surface area contributed by atoms with Crippen molar-refractivity contribution in [3.8, 4) is 34.8 Å². The number of hydrogen-bond acceptors (Lipinski definition) is 6. The number of ether oxygens (including phenoxy) is 2. The number of methoxy groups -OCH3 is 1. The minimum absolute atomic E-state index is 0.0567. The van der Waals surface area contributed by atoms with Gasteiger partial charge in [-0.15, -0.1) is 0 Å². The van der Waals surface area contributed by atoms with Gasteiger partial charge in [-0.1, -0.05) is 24.3 Å². The summed E-state index contributed by atoms with van der Waals surface area (Å²) < 4.78 is 11.0. The highest BCUT2D eigenvalue weighted by molar-refractivity contribution is 5.80. The predicted molar refractivity (Wildman–Crippen MR) is 104 cm³/mol. The van der Waals surface area contributed by atoms with Crippen LogP contribution in [0, 0.1) is 22.7 Å². The van der Waals surface area contributed by atoms with E-state index in [0.717, 1.165) is 11.3 Å². The Hall–Kier alpha value is -4.23. The van der Waals surface area contributed by atoms with E-state index < -0.39 is 5.56 Å². The molecule has 0 atom stereocenters. The van der Waals surface area contributed by atoms with Gasteiger partial charge in [0, 0.05) is 5.56 Å². The van der Waals surface area contributed by atoms with Gasteiger partial charge in [0.1, 0.15) is 47.2 Å². The van der Waals surface area contributed by atoms with Crippen LogP contribution >= 0.6 is 0 Å². The fourth-order valence-corrected chi connectivity index (χ4v) is 2.78. The monoisotopic (exact) mass is 372 g/mol. The summed E-state index contributed by atoms with van der Waals surface area (Å²) in [7, 11) is 1.60. The Labute approximate surface area is 161 Å². The molecule has 2 aromatic carbocycles. The van der Waals surface area contributed by atoms with E-state index in [0.29, 0.717) is 17.9 Å². The minimum Gasteiger partial charge on any atom is -0.497 e. The van der Waals surface area contributed by atoms with E-state index >= 15 is 0 Å². The lowest BCUT2D eigenvalue weighted by Gasteiger charge is -2.11. The van der Waals surface area contributed by atoms with Crippen molar-refractivity contribution in [3.63, 3.8) is 0 Å². The van der Waals surface area contributed by atoms with E-state index in [9.17, 15) is 15.3 Å². The summed E-state index contributed by atoms with van der Waals surface area (Å²) in [5.74, 6) is 1.28. The van der Waals surface area contributed by atoms with Crippen LogP contribution in [0.25, 0.3) is 11.1 Å². The Balaban J connectivity index is 1.89. The first-order valence-electron chi connectivity index (χ1n) is 8.29. The number of nitrogens with zero attached hydrogens (tertiary/aromatic N) is 2. The lowest BCUT2D eigenvalue weighted by Crippen LogP contribution is -2.16. The van der Waals surface area contributed by atoms with Crippen molar-refractivity contribution >= 4 is 5.82 Å². The number of aromatic amines is 1. The molecule has 0 bridgehead atoms. The first-order chi connectivity index (χ1) is 13.6. The summed E-state index contributed by atoms with van der Waals surface area (Å²) in [6, 6.07) is 18.1. The molecule has 0 aliphatic rings. The van der Waals surface area contributed by atoms with Gasteiger partial charge >= 0.3 is 0 Å². The molecule has 7 heteroatoms. The number of pyridine rings is 1. The molecular weight excluding hydrogens is 356 g/mol. The zero-order valence-electron chi connectivity index (χ0n) is 15.0. The summed E-state index contributed by atoms with van der Waals surface area (Å²) in [5.41, 5.74) is 6.69. The van der Waals surface area contributed by atoms with Crippen LogP contribution in [0.5, 0.6) is 11.5 Å². The van der Waals surface area contributed by atoms with Crippen LogP contribution in [0.15, 0.2) is 53.3 Å². The summed E-state index contributed by atoms with van der Waals surface area (Å²) in [4.78, 5) is 14.3. The fourth-order valence-electron chi connectivity index (χ4n) is 2.78. The second-order valence-corrected chi connectivity index (χ2v) is 5.88. The van der Waals surface area contributed by atoms with Crippen molar-refractivity contribution in [1.82, 2.24) is 4.98 Å². The predicted octanol–water partition coefficient (Wildman–Crippen LogP) is 2.96. The maximum Gasteiger partial charge on any atom is 0.268 e. The van der Waals surface area contributed by atoms with Gasteiger partial charge in [0.2, 0.25) is 0 Å². The molecular formula is C21H16N4O3. The number of aromatic nitrogens is 1. The Kier molecular flexibility index (Phi) is 5.29. The molecule has 0 amide bonds. The Morgan fingerprint density at radius 2 is 1.75 bits per heavy atom. The topological polar surface area (TPSA) is 125 Å². The third kappa shape index (κ3) is 3.64. The van der Waals surface area contributed by atoms with Gasteiger partial charge in [-0.25, -0.2) is 0 Å². The maximum absolute atomic E-state index is 12.0. The first kappa shape index (κ1) is 18.6. The quantitative estimate of drug-likeness (QED) is 0.709. The fraction of sp³-hybridized carbons (Fsp3) is 0.0952. The van der Waals surface area contributed by atoms with Crippen molar-refractivity contribution < 1.29 is 9.47 Å². The van der Waals surface area contributed by atoms with Crippen molar-refractivity contribution in [1.29, 1.82) is 10.5 Å². The molecule has 0 fully saturated rings. The molecule has 0 saturated heterocycles. The molecule has 0 saturated carbocycles. The average molecular weight is 372 g/mol.